The molecule has 4 rings (SSSR count). The lowest BCUT2D eigenvalue weighted by molar-refractivity contribution is 0.373. The second kappa shape index (κ2) is 6.18. The minimum absolute atomic E-state index is 0.133. The summed E-state index contributed by atoms with van der Waals surface area (Å²) in [5, 5.41) is 14.6. The second-order valence-corrected chi connectivity index (χ2v) is 6.61. The van der Waals surface area contributed by atoms with Gasteiger partial charge in [0.25, 0.3) is 6.71 Å². The molecule has 0 aromatic heterocycles. The van der Waals surface area contributed by atoms with E-state index in [1.165, 1.54) is 16.7 Å². The van der Waals surface area contributed by atoms with Crippen molar-refractivity contribution < 1.29 is 0 Å². The van der Waals surface area contributed by atoms with E-state index in [0.717, 1.165) is 37.0 Å². The third-order valence-corrected chi connectivity index (χ3v) is 4.93. The maximum absolute atomic E-state index is 9.04. The molecule has 120 valence electrons. The summed E-state index contributed by atoms with van der Waals surface area (Å²) in [5.41, 5.74) is 9.21. The molecule has 1 aromatic carbocycles. The summed E-state index contributed by atoms with van der Waals surface area (Å²) in [6, 6.07) is 6.55. The van der Waals surface area contributed by atoms with Crippen molar-refractivity contribution in [1.29, 1.82) is 5.26 Å². The lowest BCUT2D eigenvalue weighted by Gasteiger charge is -2.23. The van der Waals surface area contributed by atoms with Crippen molar-refractivity contribution in [2.75, 3.05) is 18.9 Å². The number of hydrazine groups is 1. The van der Waals surface area contributed by atoms with Crippen LogP contribution in [0.15, 0.2) is 41.0 Å². The molecule has 0 saturated carbocycles. The zero-order chi connectivity index (χ0) is 16.5. The maximum atomic E-state index is 9.04. The fourth-order valence-electron chi connectivity index (χ4n) is 3.47. The first-order valence-corrected chi connectivity index (χ1v) is 8.43. The number of hydrogen-bond acceptors (Lipinski definition) is 5. The van der Waals surface area contributed by atoms with Crippen molar-refractivity contribution in [3.63, 3.8) is 0 Å². The molecular formula is C18H20BN5. The number of nitrogens with one attached hydrogen (secondary N) is 2. The van der Waals surface area contributed by atoms with Crippen molar-refractivity contribution in [2.45, 2.75) is 25.1 Å². The number of nitriles is 1. The van der Waals surface area contributed by atoms with E-state index >= 15 is 0 Å². The molecule has 5 nitrogen and oxygen atoms in total. The summed E-state index contributed by atoms with van der Waals surface area (Å²) >= 11 is 0. The summed E-state index contributed by atoms with van der Waals surface area (Å²) < 4.78 is 0. The predicted molar refractivity (Wildman–Crippen MR) is 99.4 cm³/mol. The van der Waals surface area contributed by atoms with Crippen LogP contribution < -0.4 is 10.7 Å². The highest BCUT2D eigenvalue weighted by molar-refractivity contribution is 6.67. The number of allylic oxidation sites excluding steroid dienone is 2. The number of hydrogen-bond donors (Lipinski definition) is 2. The van der Waals surface area contributed by atoms with E-state index in [4.69, 9.17) is 5.26 Å². The third-order valence-electron chi connectivity index (χ3n) is 4.93. The van der Waals surface area contributed by atoms with E-state index in [0.29, 0.717) is 0 Å². The standard InChI is InChI=1S/C18H20BN5/c1-24-11-15(9-22-24)18-10-21-16-3-2-14(8-17(16)23-18)13-4-6-19(12-20)7-5-13/h2-4,8,10-11,18,22-23H,5-7,9H2,1H3. The van der Waals surface area contributed by atoms with E-state index < -0.39 is 0 Å². The molecule has 1 unspecified atom stereocenters. The summed E-state index contributed by atoms with van der Waals surface area (Å²) in [4.78, 5) is 4.62. The van der Waals surface area contributed by atoms with Gasteiger partial charge in [-0.3, -0.25) is 4.99 Å². The van der Waals surface area contributed by atoms with Crippen LogP contribution in [0.2, 0.25) is 12.6 Å². The quantitative estimate of drug-likeness (QED) is 0.823. The molecule has 0 saturated heterocycles. The van der Waals surface area contributed by atoms with E-state index in [-0.39, 0.29) is 12.8 Å². The Morgan fingerprint density at radius 2 is 2.33 bits per heavy atom. The molecule has 0 bridgehead atoms. The van der Waals surface area contributed by atoms with Gasteiger partial charge in [0, 0.05) is 32.0 Å². The Morgan fingerprint density at radius 3 is 3.04 bits per heavy atom. The molecule has 1 atom stereocenters. The highest BCUT2D eigenvalue weighted by Gasteiger charge is 2.23. The van der Waals surface area contributed by atoms with Gasteiger partial charge in [0.05, 0.1) is 17.4 Å². The molecular weight excluding hydrogens is 297 g/mol. The zero-order valence-electron chi connectivity index (χ0n) is 13.8. The van der Waals surface area contributed by atoms with E-state index in [1.807, 2.05) is 18.3 Å². The minimum atomic E-state index is 0.133. The van der Waals surface area contributed by atoms with Crippen LogP contribution in [-0.2, 0) is 0 Å². The normalized spacial score (nSPS) is 22.4. The summed E-state index contributed by atoms with van der Waals surface area (Å²) in [6.07, 6.45) is 9.11. The molecule has 0 spiro atoms. The van der Waals surface area contributed by atoms with Crippen LogP contribution >= 0.6 is 0 Å². The number of fused-ring (bicyclic) bond motifs is 1. The van der Waals surface area contributed by atoms with Gasteiger partial charge in [-0.2, -0.15) is 0 Å². The Kier molecular flexibility index (Phi) is 3.87. The monoisotopic (exact) mass is 317 g/mol. The van der Waals surface area contributed by atoms with Gasteiger partial charge in [-0.15, -0.1) is 0 Å². The van der Waals surface area contributed by atoms with Gasteiger partial charge in [0.1, 0.15) is 0 Å². The number of anilines is 1. The maximum Gasteiger partial charge on any atom is 0.271 e. The van der Waals surface area contributed by atoms with Crippen molar-refractivity contribution in [2.24, 2.45) is 4.99 Å². The first-order chi connectivity index (χ1) is 11.7. The summed E-state index contributed by atoms with van der Waals surface area (Å²) in [6.45, 7) is 1.02. The fraction of sp³-hybridized carbons (Fsp3) is 0.333. The predicted octanol–water partition coefficient (Wildman–Crippen LogP) is 2.86. The van der Waals surface area contributed by atoms with Gasteiger partial charge in [-0.05, 0) is 41.6 Å². The van der Waals surface area contributed by atoms with Gasteiger partial charge in [0.2, 0.25) is 0 Å². The molecule has 1 aromatic rings. The number of nitrogens with zero attached hydrogens (tertiary/aromatic N) is 3. The van der Waals surface area contributed by atoms with Crippen molar-refractivity contribution in [1.82, 2.24) is 10.4 Å². The molecule has 6 heteroatoms. The Bertz CT molecular complexity index is 789. The first-order valence-electron chi connectivity index (χ1n) is 8.43. The van der Waals surface area contributed by atoms with Crippen molar-refractivity contribution in [3.05, 3.63) is 41.6 Å². The molecule has 2 N–H and O–H groups in total. The average molecular weight is 317 g/mol. The molecule has 0 amide bonds. The van der Waals surface area contributed by atoms with Crippen molar-refractivity contribution >= 4 is 29.9 Å². The summed E-state index contributed by atoms with van der Waals surface area (Å²) in [5.74, 6) is 2.37. The van der Waals surface area contributed by atoms with E-state index in [2.05, 4.69) is 52.2 Å². The second-order valence-electron chi connectivity index (χ2n) is 6.61. The fourth-order valence-corrected chi connectivity index (χ4v) is 3.47. The Labute approximate surface area is 142 Å². The smallest absolute Gasteiger partial charge is 0.271 e. The van der Waals surface area contributed by atoms with Gasteiger partial charge in [0.15, 0.2) is 0 Å². The van der Waals surface area contributed by atoms with Crippen LogP contribution in [0.3, 0.4) is 0 Å². The van der Waals surface area contributed by atoms with Crippen LogP contribution in [-0.4, -0.2) is 37.6 Å². The molecule has 0 aliphatic carbocycles. The van der Waals surface area contributed by atoms with E-state index in [1.54, 1.807) is 0 Å². The Hall–Kier alpha value is -2.52. The number of benzene rings is 1. The summed E-state index contributed by atoms with van der Waals surface area (Å²) in [7, 11) is 2.00. The molecule has 3 aliphatic rings. The molecule has 3 aliphatic heterocycles. The van der Waals surface area contributed by atoms with Gasteiger partial charge in [-0.1, -0.05) is 18.5 Å². The highest BCUT2D eigenvalue weighted by atomic mass is 15.5. The largest absolute Gasteiger partial charge is 0.372 e. The Balaban J connectivity index is 1.56. The topological polar surface area (TPSA) is 63.5 Å². The highest BCUT2D eigenvalue weighted by Crippen LogP contribution is 2.35. The molecule has 0 radical (unpaired) electrons. The van der Waals surface area contributed by atoms with E-state index in [9.17, 15) is 0 Å². The lowest BCUT2D eigenvalue weighted by atomic mass is 9.43. The molecule has 3 heterocycles. The zero-order valence-corrected chi connectivity index (χ0v) is 13.8. The van der Waals surface area contributed by atoms with Crippen LogP contribution in [0.5, 0.6) is 0 Å². The third kappa shape index (κ3) is 2.83. The van der Waals surface area contributed by atoms with Gasteiger partial charge in [-0.25, -0.2) is 10.7 Å². The number of aliphatic imine (C=N–C) groups is 1. The minimum Gasteiger partial charge on any atom is -0.372 e. The Morgan fingerprint density at radius 1 is 1.42 bits per heavy atom. The van der Waals surface area contributed by atoms with Gasteiger partial charge >= 0.3 is 0 Å². The average Bonchev–Trinajstić information content (AvgIpc) is 3.07. The number of rotatable bonds is 2. The van der Waals surface area contributed by atoms with Crippen LogP contribution in [0.1, 0.15) is 12.0 Å². The van der Waals surface area contributed by atoms with Gasteiger partial charge < -0.3 is 10.3 Å². The van der Waals surface area contributed by atoms with Crippen LogP contribution in [0.4, 0.5) is 11.4 Å². The molecule has 0 fully saturated rings. The SMILES string of the molecule is CN1C=C(C2C=Nc3ccc(C4=CCB(C#N)CC4)cc3N2)CN1. The van der Waals surface area contributed by atoms with Crippen molar-refractivity contribution in [3.8, 4) is 5.97 Å². The van der Waals surface area contributed by atoms with Crippen LogP contribution in [0.25, 0.3) is 5.57 Å². The molecule has 24 heavy (non-hydrogen) atoms. The van der Waals surface area contributed by atoms with Crippen LogP contribution in [0, 0.1) is 11.2 Å². The first kappa shape index (κ1) is 15.0. The lowest BCUT2D eigenvalue weighted by Crippen LogP contribution is -2.29.